The average Bonchev–Trinajstić information content (AvgIpc) is 3.35. The summed E-state index contributed by atoms with van der Waals surface area (Å²) >= 11 is 1.22. The number of hydrogen-bond donors (Lipinski definition) is 0. The lowest BCUT2D eigenvalue weighted by Gasteiger charge is -2.12. The number of aryl methyl sites for hydroxylation is 1. The highest BCUT2D eigenvalue weighted by molar-refractivity contribution is 8.18. The molecule has 1 amide bonds. The van der Waals surface area contributed by atoms with Gasteiger partial charge in [0, 0.05) is 36.0 Å². The smallest absolute Gasteiger partial charge is 0.270 e. The molecule has 1 aromatic carbocycles. The number of amides is 1. The Morgan fingerprint density at radius 3 is 2.81 bits per heavy atom. The maximum Gasteiger partial charge on any atom is 0.270 e. The standard InChI is InChI=1S/C23H18N4O4S/c1-3-12-26-22(28)20(32-23(26)25-21-9-4-6-15(2)24-21)14-18-10-11-19(31-18)16-7-5-8-17(13-16)27(29)30/h3-11,13-14H,1,12H2,2H3/b20-14+,25-23+. The Kier molecular flexibility index (Phi) is 6.00. The molecule has 1 saturated heterocycles. The normalized spacial score (nSPS) is 16.2. The van der Waals surface area contributed by atoms with Crippen LogP contribution in [0, 0.1) is 17.0 Å². The lowest BCUT2D eigenvalue weighted by molar-refractivity contribution is -0.384. The van der Waals surface area contributed by atoms with Gasteiger partial charge in [0.15, 0.2) is 11.0 Å². The molecule has 1 aliphatic rings. The Labute approximate surface area is 188 Å². The number of hydrogen-bond acceptors (Lipinski definition) is 7. The zero-order valence-electron chi connectivity index (χ0n) is 17.1. The third-order valence-electron chi connectivity index (χ3n) is 4.53. The molecule has 9 heteroatoms. The molecule has 3 heterocycles. The fourth-order valence-corrected chi connectivity index (χ4v) is 4.03. The second kappa shape index (κ2) is 9.03. The van der Waals surface area contributed by atoms with Crippen LogP contribution in [0.2, 0.25) is 0 Å². The third kappa shape index (κ3) is 4.52. The van der Waals surface area contributed by atoms with Gasteiger partial charge >= 0.3 is 0 Å². The van der Waals surface area contributed by atoms with E-state index in [9.17, 15) is 14.9 Å². The van der Waals surface area contributed by atoms with E-state index in [1.165, 1.54) is 28.8 Å². The first-order valence-electron chi connectivity index (χ1n) is 9.64. The molecule has 0 spiro atoms. The van der Waals surface area contributed by atoms with E-state index in [1.807, 2.05) is 19.1 Å². The van der Waals surface area contributed by atoms with Gasteiger partial charge in [-0.1, -0.05) is 24.3 Å². The van der Waals surface area contributed by atoms with Crippen LogP contribution in [0.5, 0.6) is 0 Å². The minimum Gasteiger partial charge on any atom is -0.457 e. The highest BCUT2D eigenvalue weighted by Crippen LogP contribution is 2.35. The quantitative estimate of drug-likeness (QED) is 0.219. The molecule has 0 atom stereocenters. The number of non-ortho nitro benzene ring substituents is 1. The van der Waals surface area contributed by atoms with Gasteiger partial charge in [0.05, 0.1) is 9.83 Å². The molecule has 8 nitrogen and oxygen atoms in total. The molecule has 160 valence electrons. The van der Waals surface area contributed by atoms with Gasteiger partial charge < -0.3 is 4.42 Å². The van der Waals surface area contributed by atoms with Gasteiger partial charge in [0.25, 0.3) is 11.6 Å². The molecule has 0 unspecified atom stereocenters. The van der Waals surface area contributed by atoms with Crippen LogP contribution in [-0.4, -0.2) is 32.4 Å². The lowest BCUT2D eigenvalue weighted by Crippen LogP contribution is -2.29. The van der Waals surface area contributed by atoms with E-state index in [4.69, 9.17) is 4.42 Å². The SMILES string of the molecule is C=CCN1C(=O)/C(=C\c2ccc(-c3cccc([N+](=O)[O-])c3)o2)S/C1=N/c1cccc(C)n1. The predicted molar refractivity (Wildman–Crippen MR) is 124 cm³/mol. The summed E-state index contributed by atoms with van der Waals surface area (Å²) in [7, 11) is 0. The molecule has 0 radical (unpaired) electrons. The van der Waals surface area contributed by atoms with Crippen LogP contribution in [0.15, 0.2) is 81.6 Å². The second-order valence-corrected chi connectivity index (χ2v) is 7.87. The highest BCUT2D eigenvalue weighted by atomic mass is 32.2. The molecule has 4 rings (SSSR count). The first kappa shape index (κ1) is 21.3. The van der Waals surface area contributed by atoms with E-state index in [0.717, 1.165) is 5.69 Å². The van der Waals surface area contributed by atoms with Crippen molar-refractivity contribution in [2.45, 2.75) is 6.92 Å². The molecule has 0 N–H and O–H groups in total. The summed E-state index contributed by atoms with van der Waals surface area (Å²) in [5.41, 5.74) is 1.39. The number of amidine groups is 1. The number of carbonyl (C=O) groups is 1. The maximum atomic E-state index is 12.9. The number of aliphatic imine (C=N–C) groups is 1. The molecule has 3 aromatic rings. The molecule has 0 aliphatic carbocycles. The molecule has 0 saturated carbocycles. The van der Waals surface area contributed by atoms with E-state index >= 15 is 0 Å². The van der Waals surface area contributed by atoms with E-state index in [0.29, 0.717) is 39.5 Å². The Balaban J connectivity index is 1.63. The highest BCUT2D eigenvalue weighted by Gasteiger charge is 2.33. The Morgan fingerprint density at radius 2 is 2.06 bits per heavy atom. The van der Waals surface area contributed by atoms with Crippen LogP contribution in [0.3, 0.4) is 0 Å². The second-order valence-electron chi connectivity index (χ2n) is 6.86. The molecule has 1 fully saturated rings. The van der Waals surface area contributed by atoms with Crippen molar-refractivity contribution < 1.29 is 14.1 Å². The Bertz CT molecular complexity index is 1280. The number of aromatic nitrogens is 1. The number of nitro groups is 1. The summed E-state index contributed by atoms with van der Waals surface area (Å²) < 4.78 is 5.82. The predicted octanol–water partition coefficient (Wildman–Crippen LogP) is 5.35. The third-order valence-corrected chi connectivity index (χ3v) is 5.53. The number of benzene rings is 1. The van der Waals surface area contributed by atoms with Gasteiger partial charge in [-0.15, -0.1) is 6.58 Å². The van der Waals surface area contributed by atoms with Crippen LogP contribution < -0.4 is 0 Å². The number of carbonyl (C=O) groups excluding carboxylic acids is 1. The van der Waals surface area contributed by atoms with Crippen molar-refractivity contribution in [1.29, 1.82) is 0 Å². The van der Waals surface area contributed by atoms with Crippen molar-refractivity contribution in [2.24, 2.45) is 4.99 Å². The summed E-state index contributed by atoms with van der Waals surface area (Å²) in [4.78, 5) is 34.4. The van der Waals surface area contributed by atoms with E-state index in [2.05, 4.69) is 16.6 Å². The molecule has 1 aliphatic heterocycles. The first-order valence-corrected chi connectivity index (χ1v) is 10.5. The zero-order chi connectivity index (χ0) is 22.7. The molecular formula is C23H18N4O4S. The number of furan rings is 1. The fraction of sp³-hybridized carbons (Fsp3) is 0.0870. The van der Waals surface area contributed by atoms with Crippen LogP contribution in [-0.2, 0) is 4.79 Å². The van der Waals surface area contributed by atoms with Gasteiger partial charge in [0.1, 0.15) is 11.5 Å². The van der Waals surface area contributed by atoms with E-state index in [-0.39, 0.29) is 11.6 Å². The van der Waals surface area contributed by atoms with Crippen molar-refractivity contribution >= 4 is 40.4 Å². The topological polar surface area (TPSA) is 102 Å². The number of rotatable bonds is 6. The van der Waals surface area contributed by atoms with Crippen molar-refractivity contribution in [3.8, 4) is 11.3 Å². The van der Waals surface area contributed by atoms with E-state index in [1.54, 1.807) is 42.5 Å². The molecular weight excluding hydrogens is 428 g/mol. The van der Waals surface area contributed by atoms with Crippen LogP contribution in [0.1, 0.15) is 11.5 Å². The number of nitro benzene ring substituents is 1. The van der Waals surface area contributed by atoms with Gasteiger partial charge in [-0.25, -0.2) is 9.98 Å². The van der Waals surface area contributed by atoms with Crippen molar-refractivity contribution in [3.05, 3.63) is 93.7 Å². The Morgan fingerprint density at radius 1 is 1.25 bits per heavy atom. The van der Waals surface area contributed by atoms with Crippen molar-refractivity contribution in [3.63, 3.8) is 0 Å². The van der Waals surface area contributed by atoms with Crippen LogP contribution >= 0.6 is 11.8 Å². The maximum absolute atomic E-state index is 12.9. The Hall–Kier alpha value is -3.98. The average molecular weight is 446 g/mol. The van der Waals surface area contributed by atoms with Crippen molar-refractivity contribution in [2.75, 3.05) is 6.54 Å². The lowest BCUT2D eigenvalue weighted by atomic mass is 10.1. The summed E-state index contributed by atoms with van der Waals surface area (Å²) in [6.45, 7) is 5.90. The van der Waals surface area contributed by atoms with Crippen LogP contribution in [0.25, 0.3) is 17.4 Å². The number of pyridine rings is 1. The van der Waals surface area contributed by atoms with Gasteiger partial charge in [-0.3, -0.25) is 19.8 Å². The zero-order valence-corrected chi connectivity index (χ0v) is 17.9. The summed E-state index contributed by atoms with van der Waals surface area (Å²) in [6.07, 6.45) is 3.27. The van der Waals surface area contributed by atoms with Gasteiger partial charge in [0.2, 0.25) is 0 Å². The summed E-state index contributed by atoms with van der Waals surface area (Å²) in [5.74, 6) is 1.23. The van der Waals surface area contributed by atoms with Crippen molar-refractivity contribution in [1.82, 2.24) is 9.88 Å². The monoisotopic (exact) mass is 446 g/mol. The van der Waals surface area contributed by atoms with Gasteiger partial charge in [-0.05, 0) is 43.0 Å². The van der Waals surface area contributed by atoms with Crippen LogP contribution in [0.4, 0.5) is 11.5 Å². The molecule has 32 heavy (non-hydrogen) atoms. The van der Waals surface area contributed by atoms with Gasteiger partial charge in [-0.2, -0.15) is 0 Å². The summed E-state index contributed by atoms with van der Waals surface area (Å²) in [6, 6.07) is 15.1. The fourth-order valence-electron chi connectivity index (χ4n) is 3.06. The molecule has 0 bridgehead atoms. The number of nitrogens with zero attached hydrogens (tertiary/aromatic N) is 4. The summed E-state index contributed by atoms with van der Waals surface area (Å²) in [5, 5.41) is 11.5. The first-order chi connectivity index (χ1) is 15.4. The minimum absolute atomic E-state index is 0.0222. The molecule has 2 aromatic heterocycles. The van der Waals surface area contributed by atoms with E-state index < -0.39 is 4.92 Å². The number of thioether (sulfide) groups is 1. The largest absolute Gasteiger partial charge is 0.457 e. The minimum atomic E-state index is -0.457.